The molecule has 6 rings (SSSR count). The minimum Gasteiger partial charge on any atom is -0.489 e. The van der Waals surface area contributed by atoms with E-state index in [4.69, 9.17) is 24.4 Å². The molecule has 1 aliphatic heterocycles. The molecule has 0 bridgehead atoms. The first-order valence-electron chi connectivity index (χ1n) is 12.8. The maximum atomic E-state index is 13.2. The molecule has 0 saturated heterocycles. The SMILES string of the molecule is N#CC1=C(N)Oc2cc(OC(=O)c3cc4ccccc4oc3=O)ccc2C1c1cccc(OCc2ccc(F)cc2)c1. The lowest BCUT2D eigenvalue weighted by atomic mass is 9.83. The smallest absolute Gasteiger partial charge is 0.351 e. The fraction of sp³-hybridized carbons (Fsp3) is 0.0606. The molecular formula is C33H21FN2O6. The highest BCUT2D eigenvalue weighted by atomic mass is 19.1. The molecule has 8 nitrogen and oxygen atoms in total. The van der Waals surface area contributed by atoms with Gasteiger partial charge >= 0.3 is 11.6 Å². The minimum atomic E-state index is -0.894. The van der Waals surface area contributed by atoms with Crippen molar-refractivity contribution in [1.29, 1.82) is 5.26 Å². The Morgan fingerprint density at radius 1 is 0.952 bits per heavy atom. The van der Waals surface area contributed by atoms with Crippen LogP contribution in [0.25, 0.3) is 11.0 Å². The first kappa shape index (κ1) is 26.3. The van der Waals surface area contributed by atoms with Crippen LogP contribution in [0, 0.1) is 17.1 Å². The molecule has 1 aromatic heterocycles. The number of para-hydroxylation sites is 1. The normalized spacial score (nSPS) is 14.0. The van der Waals surface area contributed by atoms with Crippen molar-refractivity contribution in [3.63, 3.8) is 0 Å². The van der Waals surface area contributed by atoms with E-state index >= 15 is 0 Å². The van der Waals surface area contributed by atoms with Crippen LogP contribution in [0.2, 0.25) is 0 Å². The molecule has 2 N–H and O–H groups in total. The van der Waals surface area contributed by atoms with Crippen molar-refractivity contribution < 1.29 is 27.8 Å². The molecule has 5 aromatic rings. The third-order valence-electron chi connectivity index (χ3n) is 6.77. The number of nitrogens with two attached hydrogens (primary N) is 1. The number of rotatable bonds is 6. The summed E-state index contributed by atoms with van der Waals surface area (Å²) in [4.78, 5) is 25.3. The quantitative estimate of drug-likeness (QED) is 0.154. The number of esters is 1. The second-order valence-electron chi connectivity index (χ2n) is 9.49. The monoisotopic (exact) mass is 560 g/mol. The summed E-state index contributed by atoms with van der Waals surface area (Å²) in [7, 11) is 0. The number of hydrogen-bond donors (Lipinski definition) is 1. The maximum absolute atomic E-state index is 13.2. The number of nitriles is 1. The van der Waals surface area contributed by atoms with Crippen LogP contribution in [0.4, 0.5) is 4.39 Å². The van der Waals surface area contributed by atoms with Crippen molar-refractivity contribution in [3.05, 3.63) is 147 Å². The lowest BCUT2D eigenvalue weighted by Gasteiger charge is -2.27. The van der Waals surface area contributed by atoms with E-state index in [1.807, 2.05) is 6.07 Å². The second kappa shape index (κ2) is 10.9. The van der Waals surface area contributed by atoms with Crippen LogP contribution in [-0.2, 0) is 6.61 Å². The molecule has 1 aliphatic rings. The molecule has 0 radical (unpaired) electrons. The van der Waals surface area contributed by atoms with Crippen molar-refractivity contribution in [1.82, 2.24) is 0 Å². The zero-order valence-electron chi connectivity index (χ0n) is 21.9. The Morgan fingerprint density at radius 2 is 1.76 bits per heavy atom. The van der Waals surface area contributed by atoms with Gasteiger partial charge in [-0.15, -0.1) is 0 Å². The zero-order valence-corrected chi connectivity index (χ0v) is 21.9. The van der Waals surface area contributed by atoms with Gasteiger partial charge in [0.25, 0.3) is 0 Å². The van der Waals surface area contributed by atoms with Gasteiger partial charge in [-0.25, -0.2) is 14.0 Å². The number of ether oxygens (including phenoxy) is 3. The summed E-state index contributed by atoms with van der Waals surface area (Å²) < 4.78 is 35.6. The van der Waals surface area contributed by atoms with Crippen molar-refractivity contribution >= 4 is 16.9 Å². The van der Waals surface area contributed by atoms with E-state index in [0.717, 1.165) is 5.56 Å². The van der Waals surface area contributed by atoms with E-state index in [0.29, 0.717) is 27.8 Å². The Kier molecular flexibility index (Phi) is 6.87. The van der Waals surface area contributed by atoms with Crippen molar-refractivity contribution in [3.8, 4) is 23.3 Å². The van der Waals surface area contributed by atoms with Gasteiger partial charge in [0.15, 0.2) is 0 Å². The third-order valence-corrected chi connectivity index (χ3v) is 6.77. The van der Waals surface area contributed by atoms with E-state index in [1.54, 1.807) is 66.7 Å². The van der Waals surface area contributed by atoms with Gasteiger partial charge < -0.3 is 24.4 Å². The molecule has 0 aliphatic carbocycles. The molecule has 42 heavy (non-hydrogen) atoms. The third kappa shape index (κ3) is 5.17. The molecule has 1 unspecified atom stereocenters. The van der Waals surface area contributed by atoms with Gasteiger partial charge in [-0.05, 0) is 53.6 Å². The second-order valence-corrected chi connectivity index (χ2v) is 9.49. The number of benzene rings is 4. The maximum Gasteiger partial charge on any atom is 0.351 e. The van der Waals surface area contributed by atoms with Gasteiger partial charge in [-0.3, -0.25) is 0 Å². The first-order chi connectivity index (χ1) is 20.4. The van der Waals surface area contributed by atoms with Gasteiger partial charge in [-0.1, -0.05) is 48.5 Å². The summed E-state index contributed by atoms with van der Waals surface area (Å²) in [6.07, 6.45) is 0. The van der Waals surface area contributed by atoms with Crippen LogP contribution in [0.15, 0.2) is 118 Å². The molecule has 0 fully saturated rings. The van der Waals surface area contributed by atoms with Gasteiger partial charge in [0.05, 0.1) is 5.92 Å². The van der Waals surface area contributed by atoms with E-state index in [2.05, 4.69) is 6.07 Å². The fourth-order valence-corrected chi connectivity index (χ4v) is 4.74. The van der Waals surface area contributed by atoms with Crippen LogP contribution in [-0.4, -0.2) is 5.97 Å². The van der Waals surface area contributed by atoms with Crippen molar-refractivity contribution in [2.24, 2.45) is 5.73 Å². The Bertz CT molecular complexity index is 1970. The Hall–Kier alpha value is -5.88. The van der Waals surface area contributed by atoms with Gasteiger partial charge in [-0.2, -0.15) is 5.26 Å². The molecule has 206 valence electrons. The Morgan fingerprint density at radius 3 is 2.57 bits per heavy atom. The highest BCUT2D eigenvalue weighted by molar-refractivity contribution is 5.94. The molecule has 0 spiro atoms. The largest absolute Gasteiger partial charge is 0.489 e. The van der Waals surface area contributed by atoms with E-state index in [9.17, 15) is 19.2 Å². The van der Waals surface area contributed by atoms with Crippen molar-refractivity contribution in [2.75, 3.05) is 0 Å². The number of hydrogen-bond acceptors (Lipinski definition) is 8. The minimum absolute atomic E-state index is 0.0914. The van der Waals surface area contributed by atoms with Crippen LogP contribution in [0.5, 0.6) is 17.2 Å². The number of fused-ring (bicyclic) bond motifs is 2. The van der Waals surface area contributed by atoms with Gasteiger partial charge in [0, 0.05) is 17.0 Å². The summed E-state index contributed by atoms with van der Waals surface area (Å²) in [5.74, 6) is -0.976. The number of halogens is 1. The number of carbonyl (C=O) groups is 1. The van der Waals surface area contributed by atoms with Crippen LogP contribution in [0.3, 0.4) is 0 Å². The molecule has 2 heterocycles. The van der Waals surface area contributed by atoms with E-state index in [1.165, 1.54) is 24.3 Å². The molecule has 9 heteroatoms. The predicted molar refractivity (Wildman–Crippen MR) is 150 cm³/mol. The standard InChI is InChI=1S/C33H21FN2O6/c34-22-10-8-19(9-11-22)18-39-23-6-3-5-21(14-23)30-25-13-12-24(16-29(25)41-31(36)27(30)17-35)40-32(37)26-15-20-4-1-2-7-28(20)42-33(26)38/h1-16,30H,18,36H2. The Balaban J connectivity index is 1.28. The number of nitrogens with zero attached hydrogens (tertiary/aromatic N) is 1. The van der Waals surface area contributed by atoms with Crippen LogP contribution < -0.4 is 25.6 Å². The summed E-state index contributed by atoms with van der Waals surface area (Å²) in [5, 5.41) is 10.5. The highest BCUT2D eigenvalue weighted by Gasteiger charge is 2.31. The lowest BCUT2D eigenvalue weighted by Crippen LogP contribution is -2.22. The summed E-state index contributed by atoms with van der Waals surface area (Å²) in [5.41, 5.74) is 7.75. The van der Waals surface area contributed by atoms with Crippen LogP contribution in [0.1, 0.15) is 33.0 Å². The Labute approximate surface area is 238 Å². The number of carbonyl (C=O) groups excluding carboxylic acids is 1. The molecule has 0 saturated carbocycles. The molecular weight excluding hydrogens is 539 g/mol. The molecule has 0 amide bonds. The summed E-state index contributed by atoms with van der Waals surface area (Å²) >= 11 is 0. The zero-order chi connectivity index (χ0) is 29.2. The topological polar surface area (TPSA) is 125 Å². The van der Waals surface area contributed by atoms with Gasteiger partial charge in [0.1, 0.15) is 52.5 Å². The fourth-order valence-electron chi connectivity index (χ4n) is 4.74. The molecule has 1 atom stereocenters. The summed E-state index contributed by atoms with van der Waals surface area (Å²) in [6, 6.07) is 28.3. The van der Waals surface area contributed by atoms with E-state index < -0.39 is 17.5 Å². The molecule has 4 aromatic carbocycles. The number of allylic oxidation sites excluding steroid dienone is 1. The van der Waals surface area contributed by atoms with E-state index in [-0.39, 0.29) is 40.9 Å². The van der Waals surface area contributed by atoms with Crippen molar-refractivity contribution in [2.45, 2.75) is 12.5 Å². The summed E-state index contributed by atoms with van der Waals surface area (Å²) in [6.45, 7) is 0.224. The highest BCUT2D eigenvalue weighted by Crippen LogP contribution is 2.44. The lowest BCUT2D eigenvalue weighted by molar-refractivity contribution is 0.0730. The van der Waals surface area contributed by atoms with Crippen LogP contribution >= 0.6 is 0 Å². The van der Waals surface area contributed by atoms with Gasteiger partial charge in [0.2, 0.25) is 5.88 Å². The predicted octanol–water partition coefficient (Wildman–Crippen LogP) is 5.95. The first-order valence-corrected chi connectivity index (χ1v) is 12.8. The average Bonchev–Trinajstić information content (AvgIpc) is 2.99. The average molecular weight is 561 g/mol.